The van der Waals surface area contributed by atoms with Gasteiger partial charge in [-0.1, -0.05) is 13.0 Å². The summed E-state index contributed by atoms with van der Waals surface area (Å²) in [5.74, 6) is 2.40. The molecule has 2 aromatic rings. The van der Waals surface area contributed by atoms with Crippen molar-refractivity contribution >= 4 is 5.78 Å². The molecule has 6 nitrogen and oxygen atoms in total. The van der Waals surface area contributed by atoms with E-state index in [9.17, 15) is 9.90 Å². The van der Waals surface area contributed by atoms with Gasteiger partial charge in [-0.3, -0.25) is 9.69 Å². The molecule has 0 radical (unpaired) electrons. The average molecular weight is 426 g/mol. The first-order chi connectivity index (χ1) is 15.1. The molecule has 0 unspecified atom stereocenters. The fourth-order valence-corrected chi connectivity index (χ4v) is 4.27. The fraction of sp³-hybridized carbons (Fsp3) is 0.480. The summed E-state index contributed by atoms with van der Waals surface area (Å²) in [6.07, 6.45) is 2.93. The Balaban J connectivity index is 1.33. The van der Waals surface area contributed by atoms with E-state index >= 15 is 0 Å². The van der Waals surface area contributed by atoms with Crippen LogP contribution in [0.5, 0.6) is 17.2 Å². The first-order valence-electron chi connectivity index (χ1n) is 11.2. The summed E-state index contributed by atoms with van der Waals surface area (Å²) >= 11 is 0. The van der Waals surface area contributed by atoms with Gasteiger partial charge in [-0.15, -0.1) is 0 Å². The molecule has 166 valence electrons. The van der Waals surface area contributed by atoms with Crippen LogP contribution in [0.15, 0.2) is 42.5 Å². The number of nitrogens with zero attached hydrogens (tertiary/aromatic N) is 1. The Morgan fingerprint density at radius 3 is 2.68 bits per heavy atom. The first-order valence-corrected chi connectivity index (χ1v) is 11.2. The number of hydrogen-bond donors (Lipinski definition) is 1. The minimum Gasteiger partial charge on any atom is -0.491 e. The number of likely N-dealkylation sites (tertiary alicyclic amines) is 1. The molecule has 1 N–H and O–H groups in total. The second-order valence-corrected chi connectivity index (χ2v) is 8.18. The van der Waals surface area contributed by atoms with Gasteiger partial charge >= 0.3 is 0 Å². The quantitative estimate of drug-likeness (QED) is 0.645. The molecule has 0 saturated carbocycles. The van der Waals surface area contributed by atoms with Crippen molar-refractivity contribution in [3.8, 4) is 17.2 Å². The van der Waals surface area contributed by atoms with Crippen LogP contribution in [0.4, 0.5) is 0 Å². The van der Waals surface area contributed by atoms with Crippen LogP contribution in [0, 0.1) is 0 Å². The molecule has 2 aliphatic rings. The Morgan fingerprint density at radius 1 is 1.13 bits per heavy atom. The molecule has 0 aliphatic carbocycles. The number of ketones is 1. The van der Waals surface area contributed by atoms with Crippen LogP contribution >= 0.6 is 0 Å². The van der Waals surface area contributed by atoms with Gasteiger partial charge in [0.15, 0.2) is 17.3 Å². The van der Waals surface area contributed by atoms with Crippen LogP contribution in [0.1, 0.15) is 54.6 Å². The summed E-state index contributed by atoms with van der Waals surface area (Å²) < 4.78 is 17.3. The Labute approximate surface area is 183 Å². The number of aliphatic hydroxyl groups excluding tert-OH is 1. The van der Waals surface area contributed by atoms with E-state index in [0.29, 0.717) is 37.5 Å². The fourth-order valence-electron chi connectivity index (χ4n) is 4.27. The van der Waals surface area contributed by atoms with Crippen molar-refractivity contribution in [1.82, 2.24) is 4.90 Å². The molecule has 2 aromatic carbocycles. The third-order valence-corrected chi connectivity index (χ3v) is 5.91. The Bertz CT molecular complexity index is 882. The maximum absolute atomic E-state index is 11.7. The highest BCUT2D eigenvalue weighted by Crippen LogP contribution is 2.37. The molecule has 2 aliphatic heterocycles. The van der Waals surface area contributed by atoms with E-state index in [1.165, 1.54) is 5.56 Å². The van der Waals surface area contributed by atoms with Gasteiger partial charge < -0.3 is 19.3 Å². The predicted octanol–water partition coefficient (Wildman–Crippen LogP) is 4.02. The van der Waals surface area contributed by atoms with E-state index in [1.807, 2.05) is 13.0 Å². The van der Waals surface area contributed by atoms with Crippen LogP contribution in [0.25, 0.3) is 0 Å². The summed E-state index contributed by atoms with van der Waals surface area (Å²) in [6, 6.07) is 13.6. The monoisotopic (exact) mass is 425 g/mol. The molecule has 0 aromatic heterocycles. The SMILES string of the molecule is CCC(=O)c1ccc(OC[C@@H](O)CN2CCC[C@@H]2c2ccc3c(c2)OCCCO3)cc1. The second-order valence-electron chi connectivity index (χ2n) is 8.18. The molecule has 6 heteroatoms. The third-order valence-electron chi connectivity index (χ3n) is 5.91. The summed E-state index contributed by atoms with van der Waals surface area (Å²) in [7, 11) is 0. The zero-order valence-corrected chi connectivity index (χ0v) is 18.1. The molecule has 31 heavy (non-hydrogen) atoms. The summed E-state index contributed by atoms with van der Waals surface area (Å²) in [6.45, 7) is 4.92. The van der Waals surface area contributed by atoms with Gasteiger partial charge in [-0.05, 0) is 61.3 Å². The number of benzene rings is 2. The normalized spacial score (nSPS) is 19.6. The number of fused-ring (bicyclic) bond motifs is 1. The van der Waals surface area contributed by atoms with Gasteiger partial charge in [0.05, 0.1) is 13.2 Å². The number of hydrogen-bond acceptors (Lipinski definition) is 6. The Hall–Kier alpha value is -2.57. The van der Waals surface area contributed by atoms with E-state index in [2.05, 4.69) is 17.0 Å². The van der Waals surface area contributed by atoms with Gasteiger partial charge in [-0.25, -0.2) is 0 Å². The lowest BCUT2D eigenvalue weighted by atomic mass is 10.0. The van der Waals surface area contributed by atoms with Crippen molar-refractivity contribution in [2.24, 2.45) is 0 Å². The van der Waals surface area contributed by atoms with Crippen LogP contribution < -0.4 is 14.2 Å². The standard InChI is InChI=1S/C25H31NO5/c1-2-23(28)18-6-9-21(10-7-18)31-17-20(27)16-26-12-3-5-22(26)19-8-11-24-25(15-19)30-14-4-13-29-24/h6-11,15,20,22,27H,2-5,12-14,16-17H2,1H3/t20-,22+/m0/s1. The molecule has 1 fully saturated rings. The lowest BCUT2D eigenvalue weighted by Crippen LogP contribution is -2.35. The number of aliphatic hydroxyl groups is 1. The van der Waals surface area contributed by atoms with E-state index in [4.69, 9.17) is 14.2 Å². The Kier molecular flexibility index (Phi) is 7.10. The van der Waals surface area contributed by atoms with Gasteiger partial charge in [0.25, 0.3) is 0 Å². The minimum atomic E-state index is -0.599. The maximum atomic E-state index is 11.7. The van der Waals surface area contributed by atoms with Crippen molar-refractivity contribution < 1.29 is 24.1 Å². The van der Waals surface area contributed by atoms with E-state index in [0.717, 1.165) is 37.3 Å². The lowest BCUT2D eigenvalue weighted by Gasteiger charge is -2.27. The smallest absolute Gasteiger partial charge is 0.162 e. The van der Waals surface area contributed by atoms with E-state index < -0.39 is 6.10 Å². The summed E-state index contributed by atoms with van der Waals surface area (Å²) in [5, 5.41) is 10.6. The van der Waals surface area contributed by atoms with Gasteiger partial charge in [0, 0.05) is 31.0 Å². The molecule has 2 atom stereocenters. The van der Waals surface area contributed by atoms with Gasteiger partial charge in [0.2, 0.25) is 0 Å². The van der Waals surface area contributed by atoms with E-state index in [1.54, 1.807) is 24.3 Å². The van der Waals surface area contributed by atoms with Crippen LogP contribution in [0.2, 0.25) is 0 Å². The zero-order chi connectivity index (χ0) is 21.6. The number of rotatable bonds is 8. The molecular weight excluding hydrogens is 394 g/mol. The van der Waals surface area contributed by atoms with Crippen molar-refractivity contribution in [2.45, 2.75) is 44.8 Å². The predicted molar refractivity (Wildman–Crippen MR) is 118 cm³/mol. The first kappa shape index (κ1) is 21.7. The van der Waals surface area contributed by atoms with Crippen LogP contribution in [-0.2, 0) is 0 Å². The number of β-amino-alcohol motifs (C(OH)–C–C–N with tert-alkyl or cyclic N) is 1. The van der Waals surface area contributed by atoms with E-state index in [-0.39, 0.29) is 18.4 Å². The molecule has 4 rings (SSSR count). The highest BCUT2D eigenvalue weighted by Gasteiger charge is 2.28. The second kappa shape index (κ2) is 10.2. The number of carbonyl (C=O) groups excluding carboxylic acids is 1. The topological polar surface area (TPSA) is 68.2 Å². The van der Waals surface area contributed by atoms with Crippen molar-refractivity contribution in [3.05, 3.63) is 53.6 Å². The molecular formula is C25H31NO5. The zero-order valence-electron chi connectivity index (χ0n) is 18.1. The largest absolute Gasteiger partial charge is 0.491 e. The summed E-state index contributed by atoms with van der Waals surface area (Å²) in [5.41, 5.74) is 1.89. The van der Waals surface area contributed by atoms with Gasteiger partial charge in [-0.2, -0.15) is 0 Å². The lowest BCUT2D eigenvalue weighted by molar-refractivity contribution is 0.0638. The molecule has 0 spiro atoms. The van der Waals surface area contributed by atoms with Crippen molar-refractivity contribution in [2.75, 3.05) is 32.9 Å². The number of Topliss-reactive ketones (excluding diaryl/α,β-unsaturated/α-hetero) is 1. The number of ether oxygens (including phenoxy) is 3. The third kappa shape index (κ3) is 5.38. The minimum absolute atomic E-state index is 0.112. The molecule has 0 bridgehead atoms. The molecule has 0 amide bonds. The Morgan fingerprint density at radius 2 is 1.90 bits per heavy atom. The summed E-state index contributed by atoms with van der Waals surface area (Å²) in [4.78, 5) is 14.0. The molecule has 2 heterocycles. The average Bonchev–Trinajstić information content (AvgIpc) is 3.12. The number of carbonyl (C=O) groups is 1. The highest BCUT2D eigenvalue weighted by molar-refractivity contribution is 5.95. The maximum Gasteiger partial charge on any atom is 0.162 e. The molecule has 1 saturated heterocycles. The van der Waals surface area contributed by atoms with Crippen LogP contribution in [-0.4, -0.2) is 54.8 Å². The highest BCUT2D eigenvalue weighted by atomic mass is 16.5. The van der Waals surface area contributed by atoms with Crippen molar-refractivity contribution in [3.63, 3.8) is 0 Å². The van der Waals surface area contributed by atoms with Gasteiger partial charge in [0.1, 0.15) is 18.5 Å². The van der Waals surface area contributed by atoms with Crippen molar-refractivity contribution in [1.29, 1.82) is 0 Å². The van der Waals surface area contributed by atoms with Crippen LogP contribution in [0.3, 0.4) is 0 Å².